The van der Waals surface area contributed by atoms with Gasteiger partial charge in [0, 0.05) is 5.69 Å². The van der Waals surface area contributed by atoms with Crippen LogP contribution in [0.2, 0.25) is 5.02 Å². The van der Waals surface area contributed by atoms with Crippen LogP contribution in [0.4, 0.5) is 5.69 Å². The molecule has 0 aliphatic rings. The molecule has 0 aliphatic heterocycles. The number of nitrogens with one attached hydrogen (secondary N) is 1. The van der Waals surface area contributed by atoms with E-state index in [-0.39, 0.29) is 6.61 Å². The summed E-state index contributed by atoms with van der Waals surface area (Å²) in [5, 5.41) is 3.07. The summed E-state index contributed by atoms with van der Waals surface area (Å²) in [5.41, 5.74) is 1.59. The van der Waals surface area contributed by atoms with Gasteiger partial charge in [0.15, 0.2) is 12.7 Å². The Labute approximate surface area is 145 Å². The largest absolute Gasteiger partial charge is 0.480 e. The minimum atomic E-state index is -0.936. The zero-order valence-corrected chi connectivity index (χ0v) is 14.2. The van der Waals surface area contributed by atoms with Gasteiger partial charge in [-0.2, -0.15) is 0 Å². The molecule has 0 spiro atoms. The molecule has 0 heterocycles. The molecule has 126 valence electrons. The van der Waals surface area contributed by atoms with Crippen molar-refractivity contribution in [2.45, 2.75) is 20.0 Å². The maximum absolute atomic E-state index is 12.0. The number of ether oxygens (including phenoxy) is 2. The summed E-state index contributed by atoms with van der Waals surface area (Å²) in [6, 6.07) is 14.2. The maximum Gasteiger partial charge on any atom is 0.344 e. The monoisotopic (exact) mass is 347 g/mol. The molecule has 2 rings (SSSR count). The van der Waals surface area contributed by atoms with E-state index in [4.69, 9.17) is 21.1 Å². The number of hydrogen-bond donors (Lipinski definition) is 1. The van der Waals surface area contributed by atoms with Crippen molar-refractivity contribution in [3.8, 4) is 5.75 Å². The SMILES string of the molecule is Cc1ccc(Cl)c(OCC(=O)O[C@H](C)C(=O)Nc2ccccc2)c1. The van der Waals surface area contributed by atoms with Gasteiger partial charge in [0.2, 0.25) is 0 Å². The van der Waals surface area contributed by atoms with Crippen LogP contribution in [0.25, 0.3) is 0 Å². The summed E-state index contributed by atoms with van der Waals surface area (Å²) in [6.07, 6.45) is -0.936. The summed E-state index contributed by atoms with van der Waals surface area (Å²) < 4.78 is 10.4. The van der Waals surface area contributed by atoms with Crippen LogP contribution in [-0.2, 0) is 14.3 Å². The molecule has 1 N–H and O–H groups in total. The molecule has 5 nitrogen and oxygen atoms in total. The molecule has 0 aromatic heterocycles. The van der Waals surface area contributed by atoms with Crippen molar-refractivity contribution in [2.24, 2.45) is 0 Å². The average molecular weight is 348 g/mol. The molecule has 0 saturated heterocycles. The Morgan fingerprint density at radius 1 is 1.17 bits per heavy atom. The number of hydrogen-bond acceptors (Lipinski definition) is 4. The molecule has 2 aromatic rings. The predicted octanol–water partition coefficient (Wildman–Crippen LogP) is 3.60. The first-order valence-electron chi connectivity index (χ1n) is 7.40. The van der Waals surface area contributed by atoms with Crippen LogP contribution in [0.3, 0.4) is 0 Å². The number of halogens is 1. The Hall–Kier alpha value is -2.53. The van der Waals surface area contributed by atoms with Crippen LogP contribution in [0, 0.1) is 6.92 Å². The first-order valence-corrected chi connectivity index (χ1v) is 7.78. The van der Waals surface area contributed by atoms with Crippen molar-refractivity contribution in [3.05, 3.63) is 59.1 Å². The lowest BCUT2D eigenvalue weighted by Gasteiger charge is -2.14. The van der Waals surface area contributed by atoms with Gasteiger partial charge in [-0.1, -0.05) is 35.9 Å². The molecule has 0 unspecified atom stereocenters. The van der Waals surface area contributed by atoms with E-state index in [1.807, 2.05) is 19.1 Å². The first kappa shape index (κ1) is 17.8. The summed E-state index contributed by atoms with van der Waals surface area (Å²) in [4.78, 5) is 23.8. The third kappa shape index (κ3) is 5.28. The fraction of sp³-hybridized carbons (Fsp3) is 0.222. The Kier molecular flexibility index (Phi) is 6.21. The van der Waals surface area contributed by atoms with Crippen LogP contribution in [-0.4, -0.2) is 24.6 Å². The zero-order chi connectivity index (χ0) is 17.5. The number of carbonyl (C=O) groups excluding carboxylic acids is 2. The van der Waals surface area contributed by atoms with Gasteiger partial charge in [0.05, 0.1) is 5.02 Å². The third-order valence-corrected chi connectivity index (χ3v) is 3.46. The van der Waals surface area contributed by atoms with E-state index in [9.17, 15) is 9.59 Å². The van der Waals surface area contributed by atoms with Crippen molar-refractivity contribution in [3.63, 3.8) is 0 Å². The van der Waals surface area contributed by atoms with Crippen LogP contribution >= 0.6 is 11.6 Å². The maximum atomic E-state index is 12.0. The zero-order valence-electron chi connectivity index (χ0n) is 13.4. The Bertz CT molecular complexity index is 718. The van der Waals surface area contributed by atoms with Crippen molar-refractivity contribution in [2.75, 3.05) is 11.9 Å². The number of benzene rings is 2. The number of amides is 1. The number of para-hydroxylation sites is 1. The molecule has 0 fully saturated rings. The highest BCUT2D eigenvalue weighted by Gasteiger charge is 2.18. The second kappa shape index (κ2) is 8.36. The topological polar surface area (TPSA) is 64.6 Å². The number of rotatable bonds is 6. The highest BCUT2D eigenvalue weighted by Crippen LogP contribution is 2.25. The van der Waals surface area contributed by atoms with E-state index >= 15 is 0 Å². The Morgan fingerprint density at radius 2 is 1.88 bits per heavy atom. The van der Waals surface area contributed by atoms with Crippen LogP contribution in [0.15, 0.2) is 48.5 Å². The van der Waals surface area contributed by atoms with Gasteiger partial charge in [0.1, 0.15) is 5.75 Å². The molecule has 24 heavy (non-hydrogen) atoms. The fourth-order valence-corrected chi connectivity index (χ4v) is 2.08. The second-order valence-electron chi connectivity index (χ2n) is 5.21. The second-order valence-corrected chi connectivity index (χ2v) is 5.62. The summed E-state index contributed by atoms with van der Waals surface area (Å²) in [6.45, 7) is 3.06. The normalized spacial score (nSPS) is 11.5. The smallest absolute Gasteiger partial charge is 0.344 e. The lowest BCUT2D eigenvalue weighted by molar-refractivity contribution is -0.155. The van der Waals surface area contributed by atoms with Gasteiger partial charge in [-0.15, -0.1) is 0 Å². The van der Waals surface area contributed by atoms with Gasteiger partial charge in [-0.25, -0.2) is 4.79 Å². The van der Waals surface area contributed by atoms with Gasteiger partial charge >= 0.3 is 5.97 Å². The molecule has 6 heteroatoms. The molecule has 1 amide bonds. The Balaban J connectivity index is 1.83. The first-order chi connectivity index (χ1) is 11.5. The molecular weight excluding hydrogens is 330 g/mol. The fourth-order valence-electron chi connectivity index (χ4n) is 1.91. The van der Waals surface area contributed by atoms with Gasteiger partial charge in [-0.05, 0) is 43.7 Å². The standard InChI is InChI=1S/C18H18ClNO4/c1-12-8-9-15(19)16(10-12)23-11-17(21)24-13(2)18(22)20-14-6-4-3-5-7-14/h3-10,13H,11H2,1-2H3,(H,20,22)/t13-/m1/s1. The van der Waals surface area contributed by atoms with Crippen LogP contribution < -0.4 is 10.1 Å². The molecule has 0 radical (unpaired) electrons. The van der Waals surface area contributed by atoms with Crippen molar-refractivity contribution in [1.82, 2.24) is 0 Å². The highest BCUT2D eigenvalue weighted by molar-refractivity contribution is 6.32. The van der Waals surface area contributed by atoms with Crippen LogP contribution in [0.5, 0.6) is 5.75 Å². The summed E-state index contributed by atoms with van der Waals surface area (Å²) in [7, 11) is 0. The predicted molar refractivity (Wildman–Crippen MR) is 92.3 cm³/mol. The molecule has 1 atom stereocenters. The van der Waals surface area contributed by atoms with Gasteiger partial charge in [-0.3, -0.25) is 4.79 Å². The number of carbonyl (C=O) groups is 2. The molecule has 2 aromatic carbocycles. The summed E-state index contributed by atoms with van der Waals surface area (Å²) >= 11 is 5.98. The van der Waals surface area contributed by atoms with Gasteiger partial charge in [0.25, 0.3) is 5.91 Å². The number of aryl methyl sites for hydroxylation is 1. The van der Waals surface area contributed by atoms with Crippen molar-refractivity contribution < 1.29 is 19.1 Å². The lowest BCUT2D eigenvalue weighted by Crippen LogP contribution is -2.31. The van der Waals surface area contributed by atoms with E-state index in [1.54, 1.807) is 36.4 Å². The molecule has 0 saturated carbocycles. The lowest BCUT2D eigenvalue weighted by atomic mass is 10.2. The minimum absolute atomic E-state index is 0.327. The van der Waals surface area contributed by atoms with Crippen molar-refractivity contribution in [1.29, 1.82) is 0 Å². The number of esters is 1. The molecule has 0 bridgehead atoms. The van der Waals surface area contributed by atoms with E-state index in [0.717, 1.165) is 5.56 Å². The van der Waals surface area contributed by atoms with E-state index < -0.39 is 18.0 Å². The average Bonchev–Trinajstić information content (AvgIpc) is 2.56. The summed E-state index contributed by atoms with van der Waals surface area (Å²) in [5.74, 6) is -0.665. The Morgan fingerprint density at radius 3 is 2.58 bits per heavy atom. The van der Waals surface area contributed by atoms with E-state index in [2.05, 4.69) is 5.32 Å². The minimum Gasteiger partial charge on any atom is -0.480 e. The third-order valence-electron chi connectivity index (χ3n) is 3.15. The quantitative estimate of drug-likeness (QED) is 0.811. The van der Waals surface area contributed by atoms with E-state index in [1.165, 1.54) is 6.92 Å². The number of anilines is 1. The van der Waals surface area contributed by atoms with E-state index in [0.29, 0.717) is 16.5 Å². The highest BCUT2D eigenvalue weighted by atomic mass is 35.5. The molecular formula is C18H18ClNO4. The molecule has 0 aliphatic carbocycles. The van der Waals surface area contributed by atoms with Crippen LogP contribution in [0.1, 0.15) is 12.5 Å². The van der Waals surface area contributed by atoms with Crippen molar-refractivity contribution >= 4 is 29.2 Å². The van der Waals surface area contributed by atoms with Gasteiger partial charge < -0.3 is 14.8 Å².